The fraction of sp³-hybridized carbons (Fsp3) is 0. The molecule has 4 heteroatoms. The Kier molecular flexibility index (Phi) is 2.62. The summed E-state index contributed by atoms with van der Waals surface area (Å²) in [5.74, 6) is 0. The molecule has 0 N–H and O–H groups in total. The number of aromatic nitrogens is 1. The number of thiophene rings is 1. The summed E-state index contributed by atoms with van der Waals surface area (Å²) in [5.41, 5.74) is 0.894. The first-order chi connectivity index (χ1) is 6.79. The van der Waals surface area contributed by atoms with Crippen LogP contribution in [-0.2, 0) is 0 Å². The van der Waals surface area contributed by atoms with Gasteiger partial charge in [0.25, 0.3) is 0 Å². The smallest absolute Gasteiger partial charge is 0.110 e. The SMILES string of the molecule is N#Cc1ccc(-c2cccc(Br)n2)s1. The van der Waals surface area contributed by atoms with Gasteiger partial charge >= 0.3 is 0 Å². The summed E-state index contributed by atoms with van der Waals surface area (Å²) >= 11 is 4.76. The Labute approximate surface area is 94.0 Å². The first-order valence-corrected chi connectivity index (χ1v) is 5.53. The van der Waals surface area contributed by atoms with Gasteiger partial charge in [-0.2, -0.15) is 5.26 Å². The molecule has 0 spiro atoms. The fourth-order valence-electron chi connectivity index (χ4n) is 1.08. The molecule has 2 rings (SSSR count). The molecule has 2 nitrogen and oxygen atoms in total. The molecule has 68 valence electrons. The van der Waals surface area contributed by atoms with Crippen molar-refractivity contribution < 1.29 is 0 Å². The van der Waals surface area contributed by atoms with Gasteiger partial charge in [0.2, 0.25) is 0 Å². The maximum Gasteiger partial charge on any atom is 0.110 e. The highest BCUT2D eigenvalue weighted by molar-refractivity contribution is 9.10. The number of hydrogen-bond acceptors (Lipinski definition) is 3. The quantitative estimate of drug-likeness (QED) is 0.740. The second-order valence-corrected chi connectivity index (χ2v) is 4.52. The highest BCUT2D eigenvalue weighted by Crippen LogP contribution is 2.26. The Morgan fingerprint density at radius 1 is 1.29 bits per heavy atom. The normalized spacial score (nSPS) is 9.71. The van der Waals surface area contributed by atoms with Crippen LogP contribution in [0, 0.1) is 11.3 Å². The van der Waals surface area contributed by atoms with Gasteiger partial charge in [0, 0.05) is 0 Å². The van der Waals surface area contributed by atoms with Crippen LogP contribution in [0.3, 0.4) is 0 Å². The Balaban J connectivity index is 2.45. The molecule has 0 unspecified atom stereocenters. The summed E-state index contributed by atoms with van der Waals surface area (Å²) in [6.45, 7) is 0. The molecule has 0 bridgehead atoms. The zero-order valence-corrected chi connectivity index (χ0v) is 9.47. The molecule has 0 aliphatic heterocycles. The molecule has 0 radical (unpaired) electrons. The summed E-state index contributed by atoms with van der Waals surface area (Å²) in [7, 11) is 0. The highest BCUT2D eigenvalue weighted by atomic mass is 79.9. The summed E-state index contributed by atoms with van der Waals surface area (Å²) in [4.78, 5) is 6.04. The van der Waals surface area contributed by atoms with Crippen LogP contribution >= 0.6 is 27.3 Å². The van der Waals surface area contributed by atoms with Crippen LogP contribution in [0.1, 0.15) is 4.88 Å². The van der Waals surface area contributed by atoms with E-state index in [1.54, 1.807) is 0 Å². The van der Waals surface area contributed by atoms with E-state index in [1.807, 2.05) is 30.3 Å². The van der Waals surface area contributed by atoms with E-state index in [4.69, 9.17) is 5.26 Å². The summed E-state index contributed by atoms with van der Waals surface area (Å²) in [6, 6.07) is 11.6. The van der Waals surface area contributed by atoms with Crippen LogP contribution in [0.25, 0.3) is 10.6 Å². The number of rotatable bonds is 1. The molecule has 0 aromatic carbocycles. The van der Waals surface area contributed by atoms with E-state index >= 15 is 0 Å². The van der Waals surface area contributed by atoms with Crippen molar-refractivity contribution in [3.8, 4) is 16.6 Å². The van der Waals surface area contributed by atoms with Crippen molar-refractivity contribution in [1.29, 1.82) is 5.26 Å². The zero-order chi connectivity index (χ0) is 9.97. The van der Waals surface area contributed by atoms with Gasteiger partial charge in [-0.3, -0.25) is 0 Å². The summed E-state index contributed by atoms with van der Waals surface area (Å²) < 4.78 is 0.807. The van der Waals surface area contributed by atoms with E-state index in [2.05, 4.69) is 27.0 Å². The van der Waals surface area contributed by atoms with Gasteiger partial charge in [-0.25, -0.2) is 4.98 Å². The van der Waals surface area contributed by atoms with Gasteiger partial charge < -0.3 is 0 Å². The van der Waals surface area contributed by atoms with Crippen molar-refractivity contribution >= 4 is 27.3 Å². The molecule has 2 heterocycles. The Morgan fingerprint density at radius 2 is 2.14 bits per heavy atom. The number of halogens is 1. The van der Waals surface area contributed by atoms with Gasteiger partial charge in [0.1, 0.15) is 15.5 Å². The average Bonchev–Trinajstić information content (AvgIpc) is 2.66. The molecule has 2 aromatic rings. The van der Waals surface area contributed by atoms with Crippen molar-refractivity contribution in [3.05, 3.63) is 39.8 Å². The number of pyridine rings is 1. The predicted molar refractivity (Wildman–Crippen MR) is 60.0 cm³/mol. The first-order valence-electron chi connectivity index (χ1n) is 3.92. The largest absolute Gasteiger partial charge is 0.240 e. The molecular formula is C10H5BrN2S. The van der Waals surface area contributed by atoms with Gasteiger partial charge in [-0.05, 0) is 40.2 Å². The van der Waals surface area contributed by atoms with Crippen molar-refractivity contribution in [2.75, 3.05) is 0 Å². The van der Waals surface area contributed by atoms with E-state index in [0.717, 1.165) is 15.2 Å². The van der Waals surface area contributed by atoms with E-state index in [9.17, 15) is 0 Å². The minimum atomic E-state index is 0.710. The molecule has 0 saturated heterocycles. The van der Waals surface area contributed by atoms with Crippen molar-refractivity contribution in [2.45, 2.75) is 0 Å². The summed E-state index contributed by atoms with van der Waals surface area (Å²) in [6.07, 6.45) is 0. The fourth-order valence-corrected chi connectivity index (χ4v) is 2.20. The molecule has 2 aromatic heterocycles. The van der Waals surface area contributed by atoms with Gasteiger partial charge in [0.15, 0.2) is 0 Å². The van der Waals surface area contributed by atoms with Crippen LogP contribution < -0.4 is 0 Å². The van der Waals surface area contributed by atoms with E-state index in [1.165, 1.54) is 11.3 Å². The average molecular weight is 265 g/mol. The van der Waals surface area contributed by atoms with Crippen LogP contribution in [0.15, 0.2) is 34.9 Å². The molecule has 0 saturated carbocycles. The van der Waals surface area contributed by atoms with Gasteiger partial charge in [0.05, 0.1) is 10.6 Å². The summed E-state index contributed by atoms with van der Waals surface area (Å²) in [5, 5.41) is 8.68. The minimum Gasteiger partial charge on any atom is -0.240 e. The Hall–Kier alpha value is -1.18. The lowest BCUT2D eigenvalue weighted by atomic mass is 10.3. The monoisotopic (exact) mass is 264 g/mol. The zero-order valence-electron chi connectivity index (χ0n) is 7.07. The maximum atomic E-state index is 8.68. The van der Waals surface area contributed by atoms with Crippen LogP contribution in [0.5, 0.6) is 0 Å². The topological polar surface area (TPSA) is 36.7 Å². The van der Waals surface area contributed by atoms with Crippen LogP contribution in [-0.4, -0.2) is 4.98 Å². The molecular weight excluding hydrogens is 260 g/mol. The first kappa shape index (κ1) is 9.38. The highest BCUT2D eigenvalue weighted by Gasteiger charge is 2.03. The van der Waals surface area contributed by atoms with Gasteiger partial charge in [-0.1, -0.05) is 6.07 Å². The molecule has 0 atom stereocenters. The third-order valence-electron chi connectivity index (χ3n) is 1.68. The molecule has 0 amide bonds. The van der Waals surface area contributed by atoms with E-state index < -0.39 is 0 Å². The third kappa shape index (κ3) is 1.84. The number of nitrogens with zero attached hydrogens (tertiary/aromatic N) is 2. The Morgan fingerprint density at radius 3 is 2.79 bits per heavy atom. The molecule has 0 aliphatic rings. The van der Waals surface area contributed by atoms with Crippen molar-refractivity contribution in [3.63, 3.8) is 0 Å². The Bertz CT molecular complexity index is 499. The molecule has 0 aliphatic carbocycles. The standard InChI is InChI=1S/C10H5BrN2S/c11-10-3-1-2-8(13-10)9-5-4-7(6-12)14-9/h1-5H. The lowest BCUT2D eigenvalue weighted by Gasteiger charge is -1.95. The van der Waals surface area contributed by atoms with Crippen molar-refractivity contribution in [2.24, 2.45) is 0 Å². The second-order valence-electron chi connectivity index (χ2n) is 2.62. The van der Waals surface area contributed by atoms with Crippen molar-refractivity contribution in [1.82, 2.24) is 4.98 Å². The number of nitriles is 1. The third-order valence-corrected chi connectivity index (χ3v) is 3.14. The second kappa shape index (κ2) is 3.91. The lowest BCUT2D eigenvalue weighted by Crippen LogP contribution is -1.79. The molecule has 14 heavy (non-hydrogen) atoms. The number of hydrogen-bond donors (Lipinski definition) is 0. The van der Waals surface area contributed by atoms with E-state index in [0.29, 0.717) is 4.88 Å². The maximum absolute atomic E-state index is 8.68. The molecule has 0 fully saturated rings. The van der Waals surface area contributed by atoms with Crippen LogP contribution in [0.2, 0.25) is 0 Å². The minimum absolute atomic E-state index is 0.710. The van der Waals surface area contributed by atoms with Gasteiger partial charge in [-0.15, -0.1) is 11.3 Å². The van der Waals surface area contributed by atoms with Crippen LogP contribution in [0.4, 0.5) is 0 Å². The lowest BCUT2D eigenvalue weighted by molar-refractivity contribution is 1.29. The van der Waals surface area contributed by atoms with E-state index in [-0.39, 0.29) is 0 Å². The predicted octanol–water partition coefficient (Wildman–Crippen LogP) is 3.44.